The first-order valence-corrected chi connectivity index (χ1v) is 10.6. The summed E-state index contributed by atoms with van der Waals surface area (Å²) in [5, 5.41) is 23.6. The van der Waals surface area contributed by atoms with E-state index in [0.29, 0.717) is 22.9 Å². The molecule has 12 nitrogen and oxygen atoms in total. The highest BCUT2D eigenvalue weighted by atomic mass is 16.6. The van der Waals surface area contributed by atoms with Crippen LogP contribution in [0.4, 0.5) is 11.4 Å². The normalized spacial score (nSPS) is 18.8. The molecule has 2 aromatic rings. The van der Waals surface area contributed by atoms with Crippen LogP contribution in [0.15, 0.2) is 60.7 Å². The van der Waals surface area contributed by atoms with Crippen LogP contribution in [0.1, 0.15) is 33.6 Å². The number of hydrazine groups is 1. The van der Waals surface area contributed by atoms with Crippen LogP contribution >= 0.6 is 0 Å². The Morgan fingerprint density at radius 2 is 1.34 bits per heavy atom. The first-order valence-electron chi connectivity index (χ1n) is 10.6. The minimum atomic E-state index is -0.971. The summed E-state index contributed by atoms with van der Waals surface area (Å²) in [4.78, 5) is 73.6. The van der Waals surface area contributed by atoms with E-state index in [1.807, 2.05) is 0 Å². The number of fused-ring (bicyclic) bond motifs is 1. The first-order chi connectivity index (χ1) is 16.7. The summed E-state index contributed by atoms with van der Waals surface area (Å²) in [6, 6.07) is 9.49. The summed E-state index contributed by atoms with van der Waals surface area (Å²) in [5.41, 5.74) is -1.05. The number of nitrogens with zero attached hydrogens (tertiary/aromatic N) is 4. The van der Waals surface area contributed by atoms with Gasteiger partial charge in [-0.05, 0) is 18.9 Å². The molecule has 0 spiro atoms. The van der Waals surface area contributed by atoms with Crippen LogP contribution in [0.3, 0.4) is 0 Å². The standard InChI is InChI=1S/C23H18N4O8/c28-20(14-5-3-7-16(11-14)26(32)33)13-24(21(29)15-6-4-8-17(12-15)27(34)35)25-22(30)18-9-1-2-10-19(18)23(25)31/h1-8,11-12,18-19H,9-10,13H2/t18-,19-/m0/s1. The van der Waals surface area contributed by atoms with Gasteiger partial charge in [0.15, 0.2) is 5.78 Å². The van der Waals surface area contributed by atoms with Crippen LogP contribution in [-0.4, -0.2) is 49.9 Å². The monoisotopic (exact) mass is 478 g/mol. The van der Waals surface area contributed by atoms with Crippen LogP contribution in [-0.2, 0) is 9.59 Å². The molecular weight excluding hydrogens is 460 g/mol. The Labute approximate surface area is 197 Å². The minimum absolute atomic E-state index is 0.103. The molecule has 1 aliphatic heterocycles. The zero-order valence-electron chi connectivity index (χ0n) is 18.1. The Morgan fingerprint density at radius 3 is 1.86 bits per heavy atom. The number of hydrogen-bond donors (Lipinski definition) is 0. The van der Waals surface area contributed by atoms with Crippen LogP contribution < -0.4 is 0 Å². The topological polar surface area (TPSA) is 161 Å². The molecule has 12 heteroatoms. The van der Waals surface area contributed by atoms with Crippen molar-refractivity contribution in [1.82, 2.24) is 10.0 Å². The number of nitro benzene ring substituents is 2. The molecule has 1 saturated heterocycles. The van der Waals surface area contributed by atoms with Crippen LogP contribution in [0.2, 0.25) is 0 Å². The number of imide groups is 1. The molecule has 0 N–H and O–H groups in total. The highest BCUT2D eigenvalue weighted by molar-refractivity contribution is 6.09. The molecule has 0 aromatic heterocycles. The Morgan fingerprint density at radius 1 is 0.857 bits per heavy atom. The molecule has 0 bridgehead atoms. The van der Waals surface area contributed by atoms with E-state index in [4.69, 9.17) is 0 Å². The maximum Gasteiger partial charge on any atom is 0.273 e. The first kappa shape index (κ1) is 23.4. The Balaban J connectivity index is 1.72. The lowest BCUT2D eigenvalue weighted by atomic mass is 9.85. The molecule has 35 heavy (non-hydrogen) atoms. The molecule has 2 aromatic carbocycles. The number of hydrogen-bond acceptors (Lipinski definition) is 8. The second kappa shape index (κ2) is 9.25. The van der Waals surface area contributed by atoms with Crippen LogP contribution in [0, 0.1) is 32.1 Å². The highest BCUT2D eigenvalue weighted by Crippen LogP contribution is 2.36. The molecule has 1 aliphatic carbocycles. The average Bonchev–Trinajstić information content (AvgIpc) is 3.12. The average molecular weight is 478 g/mol. The number of ketones is 1. The molecule has 1 heterocycles. The van der Waals surface area contributed by atoms with Gasteiger partial charge in [-0.2, -0.15) is 5.01 Å². The number of rotatable bonds is 7. The van der Waals surface area contributed by atoms with E-state index in [0.717, 1.165) is 12.1 Å². The Bertz CT molecular complexity index is 1280. The van der Waals surface area contributed by atoms with Gasteiger partial charge in [-0.3, -0.25) is 39.4 Å². The molecule has 1 fully saturated rings. The largest absolute Gasteiger partial charge is 0.292 e. The summed E-state index contributed by atoms with van der Waals surface area (Å²) >= 11 is 0. The lowest BCUT2D eigenvalue weighted by Crippen LogP contribution is -2.52. The van der Waals surface area contributed by atoms with Gasteiger partial charge in [-0.15, -0.1) is 0 Å². The summed E-state index contributed by atoms with van der Waals surface area (Å²) in [6.45, 7) is -0.785. The van der Waals surface area contributed by atoms with Crippen LogP contribution in [0.5, 0.6) is 0 Å². The van der Waals surface area contributed by atoms with Crippen molar-refractivity contribution in [3.8, 4) is 0 Å². The minimum Gasteiger partial charge on any atom is -0.292 e. The van der Waals surface area contributed by atoms with E-state index < -0.39 is 57.4 Å². The molecule has 2 aliphatic rings. The zero-order valence-corrected chi connectivity index (χ0v) is 18.1. The third-order valence-corrected chi connectivity index (χ3v) is 5.94. The Hall–Kier alpha value is -4.74. The van der Waals surface area contributed by atoms with Crippen molar-refractivity contribution in [2.24, 2.45) is 11.8 Å². The number of carbonyl (C=O) groups excluding carboxylic acids is 4. The van der Waals surface area contributed by atoms with Crippen molar-refractivity contribution in [2.45, 2.75) is 12.8 Å². The maximum atomic E-state index is 13.4. The quantitative estimate of drug-likeness (QED) is 0.193. The summed E-state index contributed by atoms with van der Waals surface area (Å²) < 4.78 is 0. The molecule has 0 saturated carbocycles. The second-order valence-corrected chi connectivity index (χ2v) is 8.04. The summed E-state index contributed by atoms with van der Waals surface area (Å²) in [5.74, 6) is -4.44. The maximum absolute atomic E-state index is 13.4. The predicted molar refractivity (Wildman–Crippen MR) is 119 cm³/mol. The fourth-order valence-electron chi connectivity index (χ4n) is 4.18. The Kier molecular flexibility index (Phi) is 6.19. The van der Waals surface area contributed by atoms with Gasteiger partial charge >= 0.3 is 0 Å². The van der Waals surface area contributed by atoms with E-state index in [9.17, 15) is 39.4 Å². The predicted octanol–water partition coefficient (Wildman–Crippen LogP) is 2.69. The molecule has 2 atom stereocenters. The van der Waals surface area contributed by atoms with Crippen molar-refractivity contribution >= 4 is 34.9 Å². The van der Waals surface area contributed by atoms with Crippen molar-refractivity contribution in [3.05, 3.63) is 92.0 Å². The number of carbonyl (C=O) groups is 4. The number of allylic oxidation sites excluding steroid dienone is 2. The zero-order chi connectivity index (χ0) is 25.3. The highest BCUT2D eigenvalue weighted by Gasteiger charge is 2.51. The summed E-state index contributed by atoms with van der Waals surface area (Å²) in [6.07, 6.45) is 4.11. The SMILES string of the molecule is O=C(CN(C(=O)c1cccc([N+](=O)[O-])c1)N1C(=O)[C@H]2CC=CC[C@@H]2C1=O)c1cccc([N+](=O)[O-])c1. The van der Waals surface area contributed by atoms with Crippen molar-refractivity contribution in [3.63, 3.8) is 0 Å². The molecule has 3 amide bonds. The smallest absolute Gasteiger partial charge is 0.273 e. The third-order valence-electron chi connectivity index (χ3n) is 5.94. The molecule has 0 radical (unpaired) electrons. The fourth-order valence-corrected chi connectivity index (χ4v) is 4.18. The van der Waals surface area contributed by atoms with E-state index >= 15 is 0 Å². The summed E-state index contributed by atoms with van der Waals surface area (Å²) in [7, 11) is 0. The second-order valence-electron chi connectivity index (χ2n) is 8.04. The lowest BCUT2D eigenvalue weighted by molar-refractivity contribution is -0.385. The van der Waals surface area contributed by atoms with Gasteiger partial charge in [-0.1, -0.05) is 30.4 Å². The number of amides is 3. The van der Waals surface area contributed by atoms with Gasteiger partial charge in [0.25, 0.3) is 29.1 Å². The van der Waals surface area contributed by atoms with Gasteiger partial charge in [0.1, 0.15) is 6.54 Å². The van der Waals surface area contributed by atoms with Gasteiger partial charge in [0.05, 0.1) is 21.7 Å². The number of benzene rings is 2. The van der Waals surface area contributed by atoms with Crippen LogP contribution in [0.25, 0.3) is 0 Å². The van der Waals surface area contributed by atoms with Crippen molar-refractivity contribution in [2.75, 3.05) is 6.54 Å². The van der Waals surface area contributed by atoms with E-state index in [-0.39, 0.29) is 16.8 Å². The third kappa shape index (κ3) is 4.40. The number of nitro groups is 2. The van der Waals surface area contributed by atoms with Gasteiger partial charge in [0, 0.05) is 35.4 Å². The van der Waals surface area contributed by atoms with Crippen molar-refractivity contribution < 1.29 is 29.0 Å². The lowest BCUT2D eigenvalue weighted by Gasteiger charge is -2.30. The number of non-ortho nitro benzene ring substituents is 2. The van der Waals surface area contributed by atoms with Gasteiger partial charge < -0.3 is 0 Å². The molecule has 0 unspecified atom stereocenters. The molecule has 4 rings (SSSR count). The molecular formula is C23H18N4O8. The fraction of sp³-hybridized carbons (Fsp3) is 0.217. The van der Waals surface area contributed by atoms with E-state index in [2.05, 4.69) is 0 Å². The van der Waals surface area contributed by atoms with E-state index in [1.165, 1.54) is 36.4 Å². The van der Waals surface area contributed by atoms with Gasteiger partial charge in [0.2, 0.25) is 0 Å². The van der Waals surface area contributed by atoms with Gasteiger partial charge in [-0.25, -0.2) is 5.01 Å². The molecule has 178 valence electrons. The van der Waals surface area contributed by atoms with E-state index in [1.54, 1.807) is 12.2 Å². The van der Waals surface area contributed by atoms with Crippen molar-refractivity contribution in [1.29, 1.82) is 0 Å². The number of Topliss-reactive ketones (excluding diaryl/α,β-unsaturated/α-hetero) is 1.